The summed E-state index contributed by atoms with van der Waals surface area (Å²) in [6.07, 6.45) is 5.67. The van der Waals surface area contributed by atoms with Gasteiger partial charge >= 0.3 is 15.6 Å². The van der Waals surface area contributed by atoms with Crippen LogP contribution in [0, 0.1) is 0 Å². The topological polar surface area (TPSA) is 161 Å². The Morgan fingerprint density at radius 1 is 0.545 bits per heavy atom. The molecule has 13 heteroatoms. The molecule has 0 aliphatic heterocycles. The molecule has 11 nitrogen and oxygen atoms in total. The van der Waals surface area contributed by atoms with Gasteiger partial charge in [-0.25, -0.2) is 9.13 Å². The molecule has 0 aliphatic rings. The van der Waals surface area contributed by atoms with Gasteiger partial charge in [-0.2, -0.15) is 4.31 Å². The highest BCUT2D eigenvalue weighted by Crippen LogP contribution is 2.66. The highest BCUT2D eigenvalue weighted by atomic mass is 31.3. The van der Waals surface area contributed by atoms with E-state index in [0.29, 0.717) is 22.3 Å². The van der Waals surface area contributed by atoms with E-state index in [1.54, 1.807) is 27.7 Å². The SMILES string of the molecule is C/C(=C\CO)COP(=O)(OC/C(C)=C/CO)OP(=O)(OC/C(C)=C/CO)OC/C(C)=C/CO. The quantitative estimate of drug-likeness (QED) is 0.157. The molecular weight excluding hydrogens is 478 g/mol. The molecule has 0 fully saturated rings. The Kier molecular flexibility index (Phi) is 17.0. The lowest BCUT2D eigenvalue weighted by molar-refractivity contribution is 0.125. The van der Waals surface area contributed by atoms with Crippen molar-refractivity contribution in [3.63, 3.8) is 0 Å². The predicted molar refractivity (Wildman–Crippen MR) is 123 cm³/mol. The average molecular weight is 514 g/mol. The number of rotatable bonds is 18. The average Bonchev–Trinajstić information content (AvgIpc) is 2.75. The normalized spacial score (nSPS) is 16.2. The second kappa shape index (κ2) is 17.5. The van der Waals surface area contributed by atoms with Crippen LogP contribution in [0.1, 0.15) is 27.7 Å². The molecule has 0 saturated carbocycles. The monoisotopic (exact) mass is 514 g/mol. The molecule has 192 valence electrons. The van der Waals surface area contributed by atoms with E-state index in [9.17, 15) is 9.13 Å². The minimum Gasteiger partial charge on any atom is -0.392 e. The number of phosphoric acid groups is 2. The first kappa shape index (κ1) is 32.1. The third-order valence-corrected chi connectivity index (χ3v) is 7.14. The summed E-state index contributed by atoms with van der Waals surface area (Å²) in [5, 5.41) is 36.0. The van der Waals surface area contributed by atoms with Gasteiger partial charge in [-0.05, 0) is 50.0 Å². The molecule has 4 N–H and O–H groups in total. The molecule has 0 aromatic carbocycles. The zero-order chi connectivity index (χ0) is 25.3. The lowest BCUT2D eigenvalue weighted by atomic mass is 10.3. The van der Waals surface area contributed by atoms with E-state index in [4.69, 9.17) is 42.8 Å². The van der Waals surface area contributed by atoms with E-state index < -0.39 is 15.6 Å². The van der Waals surface area contributed by atoms with E-state index in [1.165, 1.54) is 24.3 Å². The van der Waals surface area contributed by atoms with Crippen molar-refractivity contribution in [2.24, 2.45) is 0 Å². The first-order valence-electron chi connectivity index (χ1n) is 10.1. The molecule has 0 rings (SSSR count). The Labute approximate surface area is 195 Å². The zero-order valence-corrected chi connectivity index (χ0v) is 21.3. The van der Waals surface area contributed by atoms with Crippen molar-refractivity contribution in [3.05, 3.63) is 46.6 Å². The number of aliphatic hydroxyl groups excluding tert-OH is 4. The van der Waals surface area contributed by atoms with Crippen molar-refractivity contribution in [2.75, 3.05) is 52.9 Å². The Balaban J connectivity index is 5.81. The van der Waals surface area contributed by atoms with Crippen LogP contribution in [0.15, 0.2) is 46.6 Å². The molecular formula is C20H36O11P2. The zero-order valence-electron chi connectivity index (χ0n) is 19.5. The maximum absolute atomic E-state index is 13.3. The van der Waals surface area contributed by atoms with Crippen molar-refractivity contribution < 1.29 is 52.0 Å². The van der Waals surface area contributed by atoms with Crippen LogP contribution in [0.2, 0.25) is 0 Å². The molecule has 0 saturated heterocycles. The summed E-state index contributed by atoms with van der Waals surface area (Å²) in [5.41, 5.74) is 2.03. The number of aliphatic hydroxyl groups is 4. The second-order valence-electron chi connectivity index (χ2n) is 7.00. The Morgan fingerprint density at radius 3 is 0.939 bits per heavy atom. The molecule has 0 unspecified atom stereocenters. The van der Waals surface area contributed by atoms with Crippen LogP contribution in [0.5, 0.6) is 0 Å². The number of phosphoric ester groups is 2. The number of hydrogen-bond acceptors (Lipinski definition) is 11. The van der Waals surface area contributed by atoms with Gasteiger partial charge in [-0.3, -0.25) is 18.1 Å². The Bertz CT molecular complexity index is 667. The van der Waals surface area contributed by atoms with Crippen molar-refractivity contribution >= 4 is 15.6 Å². The summed E-state index contributed by atoms with van der Waals surface area (Å²) >= 11 is 0. The van der Waals surface area contributed by atoms with E-state index >= 15 is 0 Å². The van der Waals surface area contributed by atoms with E-state index in [1.807, 2.05) is 0 Å². The molecule has 0 atom stereocenters. The molecule has 0 aromatic rings. The van der Waals surface area contributed by atoms with Gasteiger partial charge < -0.3 is 20.4 Å². The minimum absolute atomic E-state index is 0.267. The van der Waals surface area contributed by atoms with Crippen molar-refractivity contribution in [2.45, 2.75) is 27.7 Å². The first-order valence-corrected chi connectivity index (χ1v) is 13.0. The summed E-state index contributed by atoms with van der Waals surface area (Å²) in [6.45, 7) is 4.28. The number of hydrogen-bond donors (Lipinski definition) is 4. The van der Waals surface area contributed by atoms with E-state index in [-0.39, 0.29) is 52.9 Å². The van der Waals surface area contributed by atoms with Gasteiger partial charge in [0.05, 0.1) is 52.9 Å². The summed E-state index contributed by atoms with van der Waals surface area (Å²) in [4.78, 5) is 0. The standard InChI is InChI=1S/C20H36O11P2/c1-17(5-9-21)13-27-32(25,28-14-18(2)6-10-22)31-33(26,29-15-19(3)7-11-23)30-16-20(4)8-12-24/h5-8,21-24H,9-16H2,1-4H3/b17-5+,18-6+,19-7+,20-8+. The van der Waals surface area contributed by atoms with Gasteiger partial charge in [0.1, 0.15) is 0 Å². The maximum atomic E-state index is 13.3. The first-order chi connectivity index (χ1) is 15.5. The van der Waals surface area contributed by atoms with Crippen LogP contribution in [-0.4, -0.2) is 73.3 Å². The minimum atomic E-state index is -4.54. The smallest absolute Gasteiger partial charge is 0.392 e. The largest absolute Gasteiger partial charge is 0.484 e. The van der Waals surface area contributed by atoms with Gasteiger partial charge in [-0.1, -0.05) is 24.3 Å². The van der Waals surface area contributed by atoms with Crippen molar-refractivity contribution in [1.82, 2.24) is 0 Å². The van der Waals surface area contributed by atoms with Gasteiger partial charge in [0.25, 0.3) is 0 Å². The van der Waals surface area contributed by atoms with E-state index in [0.717, 1.165) is 0 Å². The Hall–Kier alpha value is -0.940. The molecule has 0 amide bonds. The van der Waals surface area contributed by atoms with Gasteiger partial charge in [0, 0.05) is 0 Å². The summed E-state index contributed by atoms with van der Waals surface area (Å²) in [7, 11) is -9.08. The van der Waals surface area contributed by atoms with Crippen molar-refractivity contribution in [1.29, 1.82) is 0 Å². The molecule has 0 bridgehead atoms. The van der Waals surface area contributed by atoms with Crippen LogP contribution >= 0.6 is 15.6 Å². The lowest BCUT2D eigenvalue weighted by Crippen LogP contribution is -2.08. The maximum Gasteiger partial charge on any atom is 0.484 e. The highest BCUT2D eigenvalue weighted by molar-refractivity contribution is 7.62. The lowest BCUT2D eigenvalue weighted by Gasteiger charge is -2.24. The van der Waals surface area contributed by atoms with Gasteiger partial charge in [-0.15, -0.1) is 0 Å². The fourth-order valence-corrected chi connectivity index (χ4v) is 5.20. The van der Waals surface area contributed by atoms with Crippen LogP contribution in [0.4, 0.5) is 0 Å². The molecule has 0 heterocycles. The summed E-state index contributed by atoms with van der Waals surface area (Å²) in [6, 6.07) is 0. The summed E-state index contributed by atoms with van der Waals surface area (Å²) < 4.78 is 52.9. The van der Waals surface area contributed by atoms with Crippen LogP contribution < -0.4 is 0 Å². The molecule has 33 heavy (non-hydrogen) atoms. The van der Waals surface area contributed by atoms with E-state index in [2.05, 4.69) is 0 Å². The molecule has 0 aliphatic carbocycles. The Morgan fingerprint density at radius 2 is 0.758 bits per heavy atom. The molecule has 0 radical (unpaired) electrons. The third kappa shape index (κ3) is 15.6. The van der Waals surface area contributed by atoms with Crippen LogP contribution in [0.25, 0.3) is 0 Å². The third-order valence-electron chi connectivity index (χ3n) is 3.76. The van der Waals surface area contributed by atoms with Crippen molar-refractivity contribution in [3.8, 4) is 0 Å². The fourth-order valence-electron chi connectivity index (χ4n) is 1.87. The molecule has 0 aromatic heterocycles. The van der Waals surface area contributed by atoms with Gasteiger partial charge in [0.15, 0.2) is 0 Å². The summed E-state index contributed by atoms with van der Waals surface area (Å²) in [5.74, 6) is 0. The predicted octanol–water partition coefficient (Wildman–Crippen LogP) is 3.04. The van der Waals surface area contributed by atoms with Crippen LogP contribution in [0.3, 0.4) is 0 Å². The molecule has 0 spiro atoms. The highest BCUT2D eigenvalue weighted by Gasteiger charge is 2.41. The fraction of sp³-hybridized carbons (Fsp3) is 0.600. The van der Waals surface area contributed by atoms with Crippen LogP contribution in [-0.2, 0) is 31.5 Å². The second-order valence-corrected chi connectivity index (χ2v) is 10.5. The van der Waals surface area contributed by atoms with Gasteiger partial charge in [0.2, 0.25) is 0 Å².